The molecule has 8 aromatic carbocycles. The molecular formula is C58H42N6. The van der Waals surface area contributed by atoms with Crippen LogP contribution in [0.3, 0.4) is 0 Å². The summed E-state index contributed by atoms with van der Waals surface area (Å²) in [5.41, 5.74) is 15.4. The smallest absolute Gasteiger partial charge is 0.164 e. The summed E-state index contributed by atoms with van der Waals surface area (Å²) in [7, 11) is 0. The second kappa shape index (κ2) is 16.2. The van der Waals surface area contributed by atoms with E-state index in [4.69, 9.17) is 29.9 Å². The highest BCUT2D eigenvalue weighted by atomic mass is 15.0. The molecule has 2 aromatic heterocycles. The number of hydrogen-bond acceptors (Lipinski definition) is 6. The van der Waals surface area contributed by atoms with E-state index in [0.29, 0.717) is 34.9 Å². The zero-order valence-corrected chi connectivity index (χ0v) is 35.5. The molecule has 1 aliphatic carbocycles. The van der Waals surface area contributed by atoms with Gasteiger partial charge in [0.25, 0.3) is 0 Å². The summed E-state index contributed by atoms with van der Waals surface area (Å²) in [5.74, 6) is 3.85. The van der Waals surface area contributed by atoms with E-state index in [1.165, 1.54) is 33.4 Å². The largest absolute Gasteiger partial charge is 0.208 e. The highest BCUT2D eigenvalue weighted by Crippen LogP contribution is 2.47. The molecule has 0 radical (unpaired) electrons. The highest BCUT2D eigenvalue weighted by Gasteiger charge is 2.35. The topological polar surface area (TPSA) is 77.3 Å². The second-order valence-electron chi connectivity index (χ2n) is 16.7. The van der Waals surface area contributed by atoms with Crippen LogP contribution in [0.5, 0.6) is 0 Å². The molecule has 2 heterocycles. The van der Waals surface area contributed by atoms with Crippen LogP contribution in [0.15, 0.2) is 206 Å². The van der Waals surface area contributed by atoms with E-state index in [2.05, 4.69) is 98.8 Å². The van der Waals surface area contributed by atoms with E-state index < -0.39 is 0 Å². The molecule has 0 amide bonds. The Bertz CT molecular complexity index is 2980. The molecule has 0 unspecified atom stereocenters. The monoisotopic (exact) mass is 822 g/mol. The molecule has 0 saturated carbocycles. The van der Waals surface area contributed by atoms with Crippen LogP contribution in [0.2, 0.25) is 0 Å². The highest BCUT2D eigenvalue weighted by molar-refractivity contribution is 5.81. The van der Waals surface area contributed by atoms with Gasteiger partial charge in [0.1, 0.15) is 0 Å². The second-order valence-corrected chi connectivity index (χ2v) is 16.7. The van der Waals surface area contributed by atoms with E-state index >= 15 is 0 Å². The Morgan fingerprint density at radius 3 is 0.875 bits per heavy atom. The predicted molar refractivity (Wildman–Crippen MR) is 258 cm³/mol. The average Bonchev–Trinajstić information content (AvgIpc) is 3.37. The molecule has 0 atom stereocenters. The van der Waals surface area contributed by atoms with E-state index in [1.807, 2.05) is 121 Å². The van der Waals surface area contributed by atoms with Gasteiger partial charge in [-0.25, -0.2) is 29.9 Å². The summed E-state index contributed by atoms with van der Waals surface area (Å²) in [6.45, 7) is 4.71. The first-order valence-corrected chi connectivity index (χ1v) is 21.7. The van der Waals surface area contributed by atoms with Crippen LogP contribution in [0.25, 0.3) is 90.6 Å². The van der Waals surface area contributed by atoms with Crippen molar-refractivity contribution >= 4 is 0 Å². The van der Waals surface area contributed by atoms with Gasteiger partial charge in [0, 0.05) is 38.8 Å². The molecule has 0 saturated heterocycles. The van der Waals surface area contributed by atoms with Crippen molar-refractivity contribution in [1.29, 1.82) is 0 Å². The Balaban J connectivity index is 0.996. The van der Waals surface area contributed by atoms with Crippen LogP contribution in [0.4, 0.5) is 0 Å². The van der Waals surface area contributed by atoms with E-state index in [-0.39, 0.29) is 5.41 Å². The number of benzene rings is 8. The SMILES string of the molecule is CC1(C)c2cccc(-c3cccc(-c4nc(-c5ccccc5)nc(-c5ccccc5)n4)c3)c2Cc2c(-c3cccc(-c4nc(-c5ccccc5)nc(-c5ccccc5)n4)c3)cccc21. The molecule has 1 aliphatic rings. The normalized spacial score (nSPS) is 12.6. The van der Waals surface area contributed by atoms with Gasteiger partial charge in [0.15, 0.2) is 34.9 Å². The minimum atomic E-state index is -0.253. The Morgan fingerprint density at radius 1 is 0.281 bits per heavy atom. The number of hydrogen-bond donors (Lipinski definition) is 0. The van der Waals surface area contributed by atoms with Crippen molar-refractivity contribution < 1.29 is 0 Å². The molecule has 0 N–H and O–H groups in total. The Morgan fingerprint density at radius 2 is 0.547 bits per heavy atom. The lowest BCUT2D eigenvalue weighted by molar-refractivity contribution is 0.612. The van der Waals surface area contributed by atoms with Gasteiger partial charge in [-0.3, -0.25) is 0 Å². The zero-order valence-electron chi connectivity index (χ0n) is 35.5. The predicted octanol–water partition coefficient (Wildman–Crippen LogP) is 13.6. The lowest BCUT2D eigenvalue weighted by atomic mass is 9.66. The maximum Gasteiger partial charge on any atom is 0.164 e. The first kappa shape index (κ1) is 38.7. The van der Waals surface area contributed by atoms with Crippen molar-refractivity contribution in [2.24, 2.45) is 0 Å². The third-order valence-electron chi connectivity index (χ3n) is 12.3. The van der Waals surface area contributed by atoms with Gasteiger partial charge in [-0.05, 0) is 63.1 Å². The van der Waals surface area contributed by atoms with Gasteiger partial charge in [0.05, 0.1) is 0 Å². The maximum atomic E-state index is 5.05. The van der Waals surface area contributed by atoms with Crippen LogP contribution in [0, 0.1) is 0 Å². The molecule has 0 aliphatic heterocycles. The summed E-state index contributed by atoms with van der Waals surface area (Å²) < 4.78 is 0. The molecule has 0 bridgehead atoms. The van der Waals surface area contributed by atoms with Crippen LogP contribution >= 0.6 is 0 Å². The van der Waals surface area contributed by atoms with E-state index in [9.17, 15) is 0 Å². The van der Waals surface area contributed by atoms with Crippen LogP contribution in [-0.4, -0.2) is 29.9 Å². The number of rotatable bonds is 8. The Hall–Kier alpha value is -8.22. The van der Waals surface area contributed by atoms with Crippen molar-refractivity contribution in [2.75, 3.05) is 0 Å². The molecule has 6 nitrogen and oxygen atoms in total. The fraction of sp³-hybridized carbons (Fsp3) is 0.0690. The number of aromatic nitrogens is 6. The van der Waals surface area contributed by atoms with Crippen molar-refractivity contribution in [3.8, 4) is 90.6 Å². The van der Waals surface area contributed by atoms with Gasteiger partial charge in [-0.1, -0.05) is 208 Å². The zero-order chi connectivity index (χ0) is 43.0. The summed E-state index contributed by atoms with van der Waals surface area (Å²) in [6, 6.07) is 71.3. The number of fused-ring (bicyclic) bond motifs is 2. The fourth-order valence-electron chi connectivity index (χ4n) is 9.12. The molecule has 0 fully saturated rings. The van der Waals surface area contributed by atoms with Gasteiger partial charge in [-0.15, -0.1) is 0 Å². The summed E-state index contributed by atoms with van der Waals surface area (Å²) in [4.78, 5) is 30.1. The molecule has 64 heavy (non-hydrogen) atoms. The van der Waals surface area contributed by atoms with Crippen molar-refractivity contribution in [2.45, 2.75) is 25.7 Å². The molecular weight excluding hydrogens is 781 g/mol. The lowest BCUT2D eigenvalue weighted by Gasteiger charge is -2.37. The first-order chi connectivity index (χ1) is 31.5. The van der Waals surface area contributed by atoms with E-state index in [1.54, 1.807) is 0 Å². The third kappa shape index (κ3) is 7.25. The Kier molecular flexibility index (Phi) is 9.81. The molecule has 0 spiro atoms. The maximum absolute atomic E-state index is 5.05. The molecule has 10 aromatic rings. The molecule has 6 heteroatoms. The minimum absolute atomic E-state index is 0.253. The first-order valence-electron chi connectivity index (χ1n) is 21.7. The van der Waals surface area contributed by atoms with Crippen LogP contribution < -0.4 is 0 Å². The van der Waals surface area contributed by atoms with Crippen LogP contribution in [-0.2, 0) is 11.8 Å². The Labute approximate surface area is 373 Å². The van der Waals surface area contributed by atoms with Crippen molar-refractivity contribution in [3.05, 3.63) is 229 Å². The molecule has 11 rings (SSSR count). The minimum Gasteiger partial charge on any atom is -0.208 e. The van der Waals surface area contributed by atoms with Gasteiger partial charge < -0.3 is 0 Å². The number of nitrogens with zero attached hydrogens (tertiary/aromatic N) is 6. The quantitative estimate of drug-likeness (QED) is 0.152. The summed E-state index contributed by atoms with van der Waals surface area (Å²) in [6.07, 6.45) is 0.777. The van der Waals surface area contributed by atoms with Gasteiger partial charge in [-0.2, -0.15) is 0 Å². The van der Waals surface area contributed by atoms with Gasteiger partial charge >= 0.3 is 0 Å². The standard InChI is InChI=1S/C58H42N6/c1-58(2)50-33-17-31-46(42-27-15-29-44(35-42)56-61-52(38-19-7-3-8-20-38)59-53(62-56)39-21-9-4-10-22-39)48(50)37-49-47(32-18-34-51(49)58)43-28-16-30-45(36-43)57-63-54(40-23-11-5-12-24-40)60-55(64-57)41-25-13-6-14-26-41/h3-36H,37H2,1-2H3. The summed E-state index contributed by atoms with van der Waals surface area (Å²) >= 11 is 0. The molecule has 304 valence electrons. The van der Waals surface area contributed by atoms with Crippen molar-refractivity contribution in [1.82, 2.24) is 29.9 Å². The van der Waals surface area contributed by atoms with E-state index in [0.717, 1.165) is 50.9 Å². The average molecular weight is 823 g/mol. The van der Waals surface area contributed by atoms with Crippen LogP contribution in [0.1, 0.15) is 36.1 Å². The van der Waals surface area contributed by atoms with Gasteiger partial charge in [0.2, 0.25) is 0 Å². The third-order valence-corrected chi connectivity index (χ3v) is 12.3. The fourth-order valence-corrected chi connectivity index (χ4v) is 9.12. The summed E-state index contributed by atoms with van der Waals surface area (Å²) in [5, 5.41) is 0. The van der Waals surface area contributed by atoms with Crippen molar-refractivity contribution in [3.63, 3.8) is 0 Å². The lowest BCUT2D eigenvalue weighted by Crippen LogP contribution is -2.28.